The summed E-state index contributed by atoms with van der Waals surface area (Å²) in [5, 5.41) is 6.93. The van der Waals surface area contributed by atoms with E-state index in [1.165, 1.54) is 0 Å². The summed E-state index contributed by atoms with van der Waals surface area (Å²) in [7, 11) is 0. The first-order valence-electron chi connectivity index (χ1n) is 4.97. The Morgan fingerprint density at radius 3 is 2.87 bits per heavy atom. The van der Waals surface area contributed by atoms with Crippen molar-refractivity contribution < 1.29 is 4.79 Å². The fourth-order valence-electron chi connectivity index (χ4n) is 1.18. The molecule has 1 N–H and O–H groups in total. The first-order valence-corrected chi connectivity index (χ1v) is 6.45. The van der Waals surface area contributed by atoms with Crippen molar-refractivity contribution in [3.8, 4) is 0 Å². The van der Waals surface area contributed by atoms with E-state index in [2.05, 4.69) is 5.32 Å². The van der Waals surface area contributed by atoms with Crippen LogP contribution in [0.4, 0.5) is 0 Å². The van der Waals surface area contributed by atoms with E-state index in [0.29, 0.717) is 12.3 Å². The van der Waals surface area contributed by atoms with Gasteiger partial charge in [-0.05, 0) is 35.7 Å². The standard InChI is InChI=1S/C11H16ClNOS/c1-3-11(2,8-12)13-10(14)6-9-4-5-15-7-9/h4-5,7H,3,6,8H2,1-2H3,(H,13,14). The van der Waals surface area contributed by atoms with Crippen molar-refractivity contribution in [3.05, 3.63) is 22.4 Å². The van der Waals surface area contributed by atoms with Gasteiger partial charge in [0.05, 0.1) is 12.0 Å². The second kappa shape index (κ2) is 5.52. The van der Waals surface area contributed by atoms with Gasteiger partial charge in [-0.2, -0.15) is 11.3 Å². The van der Waals surface area contributed by atoms with Crippen molar-refractivity contribution in [1.82, 2.24) is 5.32 Å². The van der Waals surface area contributed by atoms with Crippen molar-refractivity contribution in [1.29, 1.82) is 0 Å². The predicted octanol–water partition coefficient (Wildman–Crippen LogP) is 2.81. The van der Waals surface area contributed by atoms with Crippen LogP contribution < -0.4 is 5.32 Å². The number of thiophene rings is 1. The molecule has 1 amide bonds. The number of nitrogens with one attached hydrogen (secondary N) is 1. The van der Waals surface area contributed by atoms with Gasteiger partial charge in [0.15, 0.2) is 0 Å². The number of amides is 1. The van der Waals surface area contributed by atoms with Gasteiger partial charge in [-0.1, -0.05) is 6.92 Å². The minimum atomic E-state index is -0.283. The third kappa shape index (κ3) is 3.84. The van der Waals surface area contributed by atoms with E-state index in [4.69, 9.17) is 11.6 Å². The SMILES string of the molecule is CCC(C)(CCl)NC(=O)Cc1ccsc1. The van der Waals surface area contributed by atoms with Gasteiger partial charge in [-0.3, -0.25) is 4.79 Å². The van der Waals surface area contributed by atoms with Crippen molar-refractivity contribution in [2.75, 3.05) is 5.88 Å². The lowest BCUT2D eigenvalue weighted by atomic mass is 10.0. The van der Waals surface area contributed by atoms with Crippen LogP contribution in [0, 0.1) is 0 Å². The van der Waals surface area contributed by atoms with Crippen molar-refractivity contribution in [2.45, 2.75) is 32.2 Å². The molecule has 0 aromatic carbocycles. The Labute approximate surface area is 99.6 Å². The van der Waals surface area contributed by atoms with E-state index >= 15 is 0 Å². The zero-order valence-electron chi connectivity index (χ0n) is 9.05. The van der Waals surface area contributed by atoms with Crippen LogP contribution in [0.1, 0.15) is 25.8 Å². The van der Waals surface area contributed by atoms with Gasteiger partial charge in [0.2, 0.25) is 5.91 Å². The molecule has 0 fully saturated rings. The molecule has 1 unspecified atom stereocenters. The van der Waals surface area contributed by atoms with E-state index in [-0.39, 0.29) is 11.4 Å². The maximum Gasteiger partial charge on any atom is 0.224 e. The number of carbonyl (C=O) groups excluding carboxylic acids is 1. The molecule has 15 heavy (non-hydrogen) atoms. The molecular formula is C11H16ClNOS. The third-order valence-electron chi connectivity index (χ3n) is 2.46. The van der Waals surface area contributed by atoms with Gasteiger partial charge in [0.1, 0.15) is 0 Å². The minimum absolute atomic E-state index is 0.0402. The Balaban J connectivity index is 2.49. The van der Waals surface area contributed by atoms with E-state index < -0.39 is 0 Å². The maximum atomic E-state index is 11.7. The molecule has 1 aromatic heterocycles. The van der Waals surface area contributed by atoms with Gasteiger partial charge in [0, 0.05) is 5.88 Å². The number of rotatable bonds is 5. The number of halogens is 1. The highest BCUT2D eigenvalue weighted by Crippen LogP contribution is 2.12. The highest BCUT2D eigenvalue weighted by atomic mass is 35.5. The predicted molar refractivity (Wildman–Crippen MR) is 65.6 cm³/mol. The Hall–Kier alpha value is -0.540. The molecule has 2 nitrogen and oxygen atoms in total. The van der Waals surface area contributed by atoms with Crippen LogP contribution in [0.15, 0.2) is 16.8 Å². The quantitative estimate of drug-likeness (QED) is 0.795. The molecule has 4 heteroatoms. The summed E-state index contributed by atoms with van der Waals surface area (Å²) in [6.45, 7) is 3.98. The average Bonchev–Trinajstić information content (AvgIpc) is 2.70. The van der Waals surface area contributed by atoms with Crippen LogP contribution in [-0.2, 0) is 11.2 Å². The zero-order chi connectivity index (χ0) is 11.3. The molecule has 1 atom stereocenters. The highest BCUT2D eigenvalue weighted by molar-refractivity contribution is 7.07. The summed E-state index contributed by atoms with van der Waals surface area (Å²) < 4.78 is 0. The van der Waals surface area contributed by atoms with Crippen LogP contribution in [0.3, 0.4) is 0 Å². The fraction of sp³-hybridized carbons (Fsp3) is 0.545. The number of carbonyl (C=O) groups is 1. The molecule has 1 rings (SSSR count). The van der Waals surface area contributed by atoms with E-state index in [0.717, 1.165) is 12.0 Å². The smallest absolute Gasteiger partial charge is 0.224 e. The molecule has 0 saturated heterocycles. The lowest BCUT2D eigenvalue weighted by Gasteiger charge is -2.26. The summed E-state index contributed by atoms with van der Waals surface area (Å²) in [6.07, 6.45) is 1.28. The Bertz CT molecular complexity index is 306. The molecule has 0 spiro atoms. The molecule has 0 bridgehead atoms. The first-order chi connectivity index (χ1) is 7.09. The molecule has 84 valence electrons. The molecule has 0 saturated carbocycles. The maximum absolute atomic E-state index is 11.7. The van der Waals surface area contributed by atoms with Crippen LogP contribution in [0.2, 0.25) is 0 Å². The number of hydrogen-bond acceptors (Lipinski definition) is 2. The lowest BCUT2D eigenvalue weighted by molar-refractivity contribution is -0.122. The molecule has 0 aliphatic heterocycles. The van der Waals surface area contributed by atoms with Gasteiger partial charge < -0.3 is 5.32 Å². The van der Waals surface area contributed by atoms with Crippen LogP contribution >= 0.6 is 22.9 Å². The Kier molecular flexibility index (Phi) is 4.61. The highest BCUT2D eigenvalue weighted by Gasteiger charge is 2.22. The molecule has 0 aliphatic carbocycles. The second-order valence-electron chi connectivity index (χ2n) is 3.90. The average molecular weight is 246 g/mol. The lowest BCUT2D eigenvalue weighted by Crippen LogP contribution is -2.47. The second-order valence-corrected chi connectivity index (χ2v) is 4.95. The summed E-state index contributed by atoms with van der Waals surface area (Å²) in [5.74, 6) is 0.484. The fourth-order valence-corrected chi connectivity index (χ4v) is 2.10. The van der Waals surface area contributed by atoms with Crippen molar-refractivity contribution >= 4 is 28.8 Å². The number of alkyl halides is 1. The third-order valence-corrected chi connectivity index (χ3v) is 3.78. The molecule has 0 radical (unpaired) electrons. The normalized spacial score (nSPS) is 14.6. The largest absolute Gasteiger partial charge is 0.349 e. The van der Waals surface area contributed by atoms with Gasteiger partial charge >= 0.3 is 0 Å². The van der Waals surface area contributed by atoms with Gasteiger partial charge in [-0.15, -0.1) is 11.6 Å². The molecule has 1 aromatic rings. The zero-order valence-corrected chi connectivity index (χ0v) is 10.6. The van der Waals surface area contributed by atoms with E-state index in [1.54, 1.807) is 11.3 Å². The van der Waals surface area contributed by atoms with Gasteiger partial charge in [0.25, 0.3) is 0 Å². The Morgan fingerprint density at radius 2 is 2.40 bits per heavy atom. The monoisotopic (exact) mass is 245 g/mol. The van der Waals surface area contributed by atoms with Crippen molar-refractivity contribution in [2.24, 2.45) is 0 Å². The summed E-state index contributed by atoms with van der Waals surface area (Å²) >= 11 is 7.43. The Morgan fingerprint density at radius 1 is 1.67 bits per heavy atom. The van der Waals surface area contributed by atoms with Crippen LogP contribution in [0.5, 0.6) is 0 Å². The summed E-state index contributed by atoms with van der Waals surface area (Å²) in [4.78, 5) is 11.7. The van der Waals surface area contributed by atoms with Crippen molar-refractivity contribution in [3.63, 3.8) is 0 Å². The number of hydrogen-bond donors (Lipinski definition) is 1. The minimum Gasteiger partial charge on any atom is -0.349 e. The summed E-state index contributed by atoms with van der Waals surface area (Å²) in [6, 6.07) is 1.97. The molecule has 1 heterocycles. The van der Waals surface area contributed by atoms with Crippen LogP contribution in [0.25, 0.3) is 0 Å². The van der Waals surface area contributed by atoms with Crippen LogP contribution in [-0.4, -0.2) is 17.3 Å². The molecule has 0 aliphatic rings. The first kappa shape index (κ1) is 12.5. The molecular weight excluding hydrogens is 230 g/mol. The summed E-state index contributed by atoms with van der Waals surface area (Å²) in [5.41, 5.74) is 0.778. The van der Waals surface area contributed by atoms with Gasteiger partial charge in [-0.25, -0.2) is 0 Å². The van der Waals surface area contributed by atoms with E-state index in [9.17, 15) is 4.79 Å². The van der Waals surface area contributed by atoms with E-state index in [1.807, 2.05) is 30.7 Å². The topological polar surface area (TPSA) is 29.1 Å².